The molecular weight excluding hydrogens is 254 g/mol. The van der Waals surface area contributed by atoms with Gasteiger partial charge in [-0.05, 0) is 19.3 Å². The third kappa shape index (κ3) is 5.86. The highest BCUT2D eigenvalue weighted by Crippen LogP contribution is 2.09. The number of hydrazine groups is 1. The molecule has 0 bridgehead atoms. The van der Waals surface area contributed by atoms with Crippen molar-refractivity contribution in [2.24, 2.45) is 5.92 Å². The average molecular weight is 279 g/mol. The van der Waals surface area contributed by atoms with Gasteiger partial charge in [-0.25, -0.2) is 20.2 Å². The predicted molar refractivity (Wildman–Crippen MR) is 80.4 cm³/mol. The Morgan fingerprint density at radius 3 is 2.80 bits per heavy atom. The SMILES string of the molecule is CCCCNC(=O)NN(CC(C)C)c1ccnc(C)n1. The number of nitrogens with one attached hydrogen (secondary N) is 2. The maximum absolute atomic E-state index is 11.9. The van der Waals surface area contributed by atoms with Crippen LogP contribution in [0.4, 0.5) is 10.6 Å². The first-order valence-electron chi connectivity index (χ1n) is 7.14. The molecule has 0 aliphatic rings. The summed E-state index contributed by atoms with van der Waals surface area (Å²) in [5, 5.41) is 4.60. The molecule has 0 aliphatic heterocycles. The molecule has 1 aromatic rings. The van der Waals surface area contributed by atoms with Gasteiger partial charge in [0.15, 0.2) is 5.82 Å². The summed E-state index contributed by atoms with van der Waals surface area (Å²) in [6, 6.07) is 1.59. The highest BCUT2D eigenvalue weighted by molar-refractivity contribution is 5.75. The number of nitrogens with zero attached hydrogens (tertiary/aromatic N) is 3. The third-order valence-electron chi connectivity index (χ3n) is 2.64. The number of carbonyl (C=O) groups is 1. The molecule has 1 heterocycles. The monoisotopic (exact) mass is 279 g/mol. The van der Waals surface area contributed by atoms with Gasteiger partial charge in [0, 0.05) is 25.4 Å². The van der Waals surface area contributed by atoms with E-state index in [1.807, 2.05) is 6.92 Å². The van der Waals surface area contributed by atoms with Crippen LogP contribution in [0.2, 0.25) is 0 Å². The maximum atomic E-state index is 11.9. The second-order valence-electron chi connectivity index (χ2n) is 5.19. The van der Waals surface area contributed by atoms with E-state index in [0.29, 0.717) is 30.6 Å². The molecule has 0 radical (unpaired) electrons. The zero-order valence-corrected chi connectivity index (χ0v) is 12.8. The van der Waals surface area contributed by atoms with Crippen LogP contribution in [0.25, 0.3) is 0 Å². The van der Waals surface area contributed by atoms with E-state index in [1.54, 1.807) is 17.3 Å². The average Bonchev–Trinajstić information content (AvgIpc) is 2.38. The van der Waals surface area contributed by atoms with Crippen molar-refractivity contribution < 1.29 is 4.79 Å². The van der Waals surface area contributed by atoms with Crippen LogP contribution in [-0.2, 0) is 0 Å². The van der Waals surface area contributed by atoms with Crippen LogP contribution in [0.15, 0.2) is 12.3 Å². The molecular formula is C14H25N5O. The van der Waals surface area contributed by atoms with Gasteiger partial charge in [0.05, 0.1) is 0 Å². The van der Waals surface area contributed by atoms with Crippen LogP contribution in [0, 0.1) is 12.8 Å². The van der Waals surface area contributed by atoms with E-state index in [9.17, 15) is 4.79 Å². The van der Waals surface area contributed by atoms with Crippen LogP contribution in [0.5, 0.6) is 0 Å². The molecule has 0 fully saturated rings. The maximum Gasteiger partial charge on any atom is 0.333 e. The van der Waals surface area contributed by atoms with Crippen molar-refractivity contribution in [2.45, 2.75) is 40.5 Å². The Hall–Kier alpha value is -1.85. The van der Waals surface area contributed by atoms with Crippen LogP contribution in [0.3, 0.4) is 0 Å². The lowest BCUT2D eigenvalue weighted by molar-refractivity contribution is 0.239. The van der Waals surface area contributed by atoms with E-state index in [-0.39, 0.29) is 6.03 Å². The zero-order chi connectivity index (χ0) is 15.0. The Balaban J connectivity index is 2.67. The number of hydrogen-bond donors (Lipinski definition) is 2. The molecule has 0 saturated carbocycles. The van der Waals surface area contributed by atoms with Crippen molar-refractivity contribution in [1.82, 2.24) is 20.7 Å². The molecule has 1 aromatic heterocycles. The Labute approximate surface area is 121 Å². The van der Waals surface area contributed by atoms with Gasteiger partial charge in [0.1, 0.15) is 5.82 Å². The Morgan fingerprint density at radius 2 is 2.20 bits per heavy atom. The normalized spacial score (nSPS) is 10.4. The van der Waals surface area contributed by atoms with Gasteiger partial charge in [-0.3, -0.25) is 5.01 Å². The Kier molecular flexibility index (Phi) is 6.76. The van der Waals surface area contributed by atoms with Gasteiger partial charge in [0.25, 0.3) is 0 Å². The minimum absolute atomic E-state index is 0.199. The van der Waals surface area contributed by atoms with Crippen molar-refractivity contribution >= 4 is 11.8 Å². The van der Waals surface area contributed by atoms with E-state index in [0.717, 1.165) is 12.8 Å². The first kappa shape index (κ1) is 16.2. The molecule has 112 valence electrons. The van der Waals surface area contributed by atoms with E-state index >= 15 is 0 Å². The molecule has 0 atom stereocenters. The number of rotatable bonds is 7. The van der Waals surface area contributed by atoms with Gasteiger partial charge in [-0.15, -0.1) is 0 Å². The lowest BCUT2D eigenvalue weighted by Gasteiger charge is -2.26. The predicted octanol–water partition coefficient (Wildman–Crippen LogP) is 2.26. The number of aromatic nitrogens is 2. The molecule has 0 unspecified atom stereocenters. The number of hydrogen-bond acceptors (Lipinski definition) is 4. The molecule has 2 amide bonds. The molecule has 0 aliphatic carbocycles. The van der Waals surface area contributed by atoms with E-state index in [4.69, 9.17) is 0 Å². The van der Waals surface area contributed by atoms with Crippen molar-refractivity contribution in [3.05, 3.63) is 18.1 Å². The van der Waals surface area contributed by atoms with Crippen LogP contribution in [-0.4, -0.2) is 29.1 Å². The van der Waals surface area contributed by atoms with E-state index in [2.05, 4.69) is 41.5 Å². The van der Waals surface area contributed by atoms with Gasteiger partial charge in [-0.1, -0.05) is 27.2 Å². The highest BCUT2D eigenvalue weighted by Gasteiger charge is 2.13. The van der Waals surface area contributed by atoms with Crippen molar-refractivity contribution in [3.8, 4) is 0 Å². The fourth-order valence-corrected chi connectivity index (χ4v) is 1.70. The smallest absolute Gasteiger partial charge is 0.333 e. The van der Waals surface area contributed by atoms with Crippen molar-refractivity contribution in [2.75, 3.05) is 18.1 Å². The number of urea groups is 1. The molecule has 0 saturated heterocycles. The molecule has 2 N–H and O–H groups in total. The zero-order valence-electron chi connectivity index (χ0n) is 12.8. The van der Waals surface area contributed by atoms with Crippen molar-refractivity contribution in [3.63, 3.8) is 0 Å². The van der Waals surface area contributed by atoms with Gasteiger partial charge < -0.3 is 5.32 Å². The van der Waals surface area contributed by atoms with E-state index in [1.165, 1.54) is 0 Å². The van der Waals surface area contributed by atoms with Gasteiger partial charge in [0.2, 0.25) is 0 Å². The lowest BCUT2D eigenvalue weighted by Crippen LogP contribution is -2.49. The summed E-state index contributed by atoms with van der Waals surface area (Å²) in [5.41, 5.74) is 2.84. The van der Waals surface area contributed by atoms with Crippen LogP contribution >= 0.6 is 0 Å². The molecule has 6 nitrogen and oxygen atoms in total. The summed E-state index contributed by atoms with van der Waals surface area (Å²) in [6.07, 6.45) is 3.73. The van der Waals surface area contributed by atoms with Gasteiger partial charge >= 0.3 is 6.03 Å². The molecule has 1 rings (SSSR count). The second kappa shape index (κ2) is 8.35. The summed E-state index contributed by atoms with van der Waals surface area (Å²) in [4.78, 5) is 20.3. The number of carbonyl (C=O) groups excluding carboxylic acids is 1. The number of amides is 2. The largest absolute Gasteiger partial charge is 0.337 e. The molecule has 0 spiro atoms. The number of anilines is 1. The van der Waals surface area contributed by atoms with Crippen molar-refractivity contribution in [1.29, 1.82) is 0 Å². The Bertz CT molecular complexity index is 422. The summed E-state index contributed by atoms with van der Waals surface area (Å²) in [5.74, 6) is 1.79. The molecule has 6 heteroatoms. The topological polar surface area (TPSA) is 70.2 Å². The van der Waals surface area contributed by atoms with Crippen LogP contribution in [0.1, 0.15) is 39.4 Å². The standard InChI is InChI=1S/C14H25N5O/c1-5-6-8-16-14(20)18-19(10-11(2)3)13-7-9-15-12(4)17-13/h7,9,11H,5-6,8,10H2,1-4H3,(H2,16,18,20). The first-order chi connectivity index (χ1) is 9.52. The summed E-state index contributed by atoms with van der Waals surface area (Å²) < 4.78 is 0. The summed E-state index contributed by atoms with van der Waals surface area (Å²) in [6.45, 7) is 9.49. The summed E-state index contributed by atoms with van der Waals surface area (Å²) >= 11 is 0. The van der Waals surface area contributed by atoms with Gasteiger partial charge in [-0.2, -0.15) is 0 Å². The molecule has 20 heavy (non-hydrogen) atoms. The summed E-state index contributed by atoms with van der Waals surface area (Å²) in [7, 11) is 0. The minimum atomic E-state index is -0.199. The van der Waals surface area contributed by atoms with Crippen LogP contribution < -0.4 is 15.8 Å². The number of aryl methyl sites for hydroxylation is 1. The highest BCUT2D eigenvalue weighted by atomic mass is 16.2. The molecule has 0 aromatic carbocycles. The Morgan fingerprint density at radius 1 is 1.45 bits per heavy atom. The second-order valence-corrected chi connectivity index (χ2v) is 5.19. The fraction of sp³-hybridized carbons (Fsp3) is 0.643. The van der Waals surface area contributed by atoms with E-state index < -0.39 is 0 Å². The minimum Gasteiger partial charge on any atom is -0.337 e. The number of unbranched alkanes of at least 4 members (excludes halogenated alkanes) is 1. The quantitative estimate of drug-likeness (QED) is 0.593. The fourth-order valence-electron chi connectivity index (χ4n) is 1.70. The first-order valence-corrected chi connectivity index (χ1v) is 7.14. The third-order valence-corrected chi connectivity index (χ3v) is 2.64. The lowest BCUT2D eigenvalue weighted by atomic mass is 10.2.